The molecule has 1 aliphatic heterocycles. The lowest BCUT2D eigenvalue weighted by atomic mass is 9.94. The lowest BCUT2D eigenvalue weighted by Gasteiger charge is -2.26. The first-order valence-corrected chi connectivity index (χ1v) is 12.5. The van der Waals surface area contributed by atoms with Crippen LogP contribution in [0.25, 0.3) is 16.5 Å². The molecule has 1 aliphatic rings. The van der Waals surface area contributed by atoms with Gasteiger partial charge in [0.25, 0.3) is 11.7 Å². The number of aliphatic hydroxyl groups excluding tert-OH is 1. The van der Waals surface area contributed by atoms with Gasteiger partial charge < -0.3 is 19.5 Å². The van der Waals surface area contributed by atoms with E-state index in [1.165, 1.54) is 4.90 Å². The summed E-state index contributed by atoms with van der Waals surface area (Å²) in [7, 11) is 1.59. The molecule has 1 fully saturated rings. The van der Waals surface area contributed by atoms with Gasteiger partial charge in [0.15, 0.2) is 0 Å². The van der Waals surface area contributed by atoms with Crippen molar-refractivity contribution >= 4 is 28.2 Å². The van der Waals surface area contributed by atoms with Crippen LogP contribution in [0.15, 0.2) is 96.6 Å². The lowest BCUT2D eigenvalue weighted by molar-refractivity contribution is -0.140. The molecule has 38 heavy (non-hydrogen) atoms. The van der Waals surface area contributed by atoms with E-state index in [4.69, 9.17) is 9.47 Å². The van der Waals surface area contributed by atoms with Crippen LogP contribution in [0.1, 0.15) is 36.6 Å². The minimum Gasteiger partial charge on any atom is -0.507 e. The number of likely N-dealkylation sites (tertiary alicyclic amines) is 1. The monoisotopic (exact) mass is 507 g/mol. The molecule has 1 unspecified atom stereocenters. The molecule has 0 bridgehead atoms. The third-order valence-corrected chi connectivity index (χ3v) is 6.62. The number of ketones is 1. The van der Waals surface area contributed by atoms with E-state index in [1.54, 1.807) is 13.2 Å². The molecule has 1 N–H and O–H groups in total. The number of amides is 1. The zero-order chi connectivity index (χ0) is 26.8. The van der Waals surface area contributed by atoms with E-state index in [9.17, 15) is 14.7 Å². The maximum atomic E-state index is 13.5. The molecule has 6 heteroatoms. The minimum absolute atomic E-state index is 0.0477. The predicted octanol–water partition coefficient (Wildman–Crippen LogP) is 6.26. The Balaban J connectivity index is 1.64. The Labute approximate surface area is 221 Å². The van der Waals surface area contributed by atoms with Crippen molar-refractivity contribution in [1.29, 1.82) is 0 Å². The van der Waals surface area contributed by atoms with Gasteiger partial charge >= 0.3 is 0 Å². The number of carbonyl (C=O) groups excluding carboxylic acids is 2. The van der Waals surface area contributed by atoms with E-state index >= 15 is 0 Å². The van der Waals surface area contributed by atoms with E-state index in [0.29, 0.717) is 22.6 Å². The number of Topliss-reactive ketones (excluding diaryl/α,β-unsaturated/α-hetero) is 1. The van der Waals surface area contributed by atoms with Gasteiger partial charge in [-0.25, -0.2) is 0 Å². The summed E-state index contributed by atoms with van der Waals surface area (Å²) < 4.78 is 11.1. The fourth-order valence-electron chi connectivity index (χ4n) is 4.84. The molecule has 5 rings (SSSR count). The highest BCUT2D eigenvalue weighted by Gasteiger charge is 2.46. The van der Waals surface area contributed by atoms with Gasteiger partial charge in [-0.15, -0.1) is 0 Å². The smallest absolute Gasteiger partial charge is 0.295 e. The number of methoxy groups -OCH3 is 1. The summed E-state index contributed by atoms with van der Waals surface area (Å²) >= 11 is 0. The van der Waals surface area contributed by atoms with Crippen LogP contribution in [0.4, 0.5) is 0 Å². The number of aliphatic hydroxyl groups is 1. The Morgan fingerprint density at radius 3 is 2.32 bits per heavy atom. The Hall–Kier alpha value is -4.58. The largest absolute Gasteiger partial charge is 0.507 e. The molecule has 0 aromatic heterocycles. The number of nitrogens with zero attached hydrogens (tertiary/aromatic N) is 1. The summed E-state index contributed by atoms with van der Waals surface area (Å²) in [5, 5.41) is 13.4. The second-order valence-electron chi connectivity index (χ2n) is 9.58. The standard InChI is InChI=1S/C32H29NO5/c1-20(2)38-27-10-6-9-24(18-27)29-28(30(34)25-14-13-22-7-4-5-8-23(22)17-25)31(35)32(36)33(29)19-21-11-15-26(37-3)16-12-21/h4-18,20,29,34H,19H2,1-3H3/b30-28-. The van der Waals surface area contributed by atoms with Crippen molar-refractivity contribution in [3.63, 3.8) is 0 Å². The summed E-state index contributed by atoms with van der Waals surface area (Å²) in [6.07, 6.45) is -0.0477. The molecule has 0 spiro atoms. The van der Waals surface area contributed by atoms with E-state index in [-0.39, 0.29) is 24.0 Å². The molecule has 4 aromatic carbocycles. The maximum Gasteiger partial charge on any atom is 0.295 e. The van der Waals surface area contributed by atoms with E-state index < -0.39 is 17.7 Å². The molecular formula is C32H29NO5. The highest BCUT2D eigenvalue weighted by Crippen LogP contribution is 2.41. The Morgan fingerprint density at radius 2 is 1.61 bits per heavy atom. The average molecular weight is 508 g/mol. The molecule has 0 radical (unpaired) electrons. The molecule has 0 aliphatic carbocycles. The zero-order valence-electron chi connectivity index (χ0n) is 21.5. The molecule has 6 nitrogen and oxygen atoms in total. The molecule has 4 aromatic rings. The van der Waals surface area contributed by atoms with E-state index in [1.807, 2.05) is 98.8 Å². The van der Waals surface area contributed by atoms with Gasteiger partial charge in [0.2, 0.25) is 0 Å². The summed E-state index contributed by atoms with van der Waals surface area (Å²) in [4.78, 5) is 28.4. The molecular weight excluding hydrogens is 478 g/mol. The maximum absolute atomic E-state index is 13.5. The van der Waals surface area contributed by atoms with Crippen LogP contribution in [0, 0.1) is 0 Å². The quantitative estimate of drug-likeness (QED) is 0.182. The number of benzene rings is 4. The number of fused-ring (bicyclic) bond motifs is 1. The first-order valence-electron chi connectivity index (χ1n) is 12.5. The molecule has 1 atom stereocenters. The van der Waals surface area contributed by atoms with E-state index in [2.05, 4.69) is 0 Å². The fourth-order valence-corrected chi connectivity index (χ4v) is 4.84. The number of hydrogen-bond donors (Lipinski definition) is 1. The van der Waals surface area contributed by atoms with Gasteiger partial charge in [0.1, 0.15) is 17.3 Å². The van der Waals surface area contributed by atoms with Crippen LogP contribution in [0.5, 0.6) is 11.5 Å². The predicted molar refractivity (Wildman–Crippen MR) is 147 cm³/mol. The molecule has 1 amide bonds. The zero-order valence-corrected chi connectivity index (χ0v) is 21.5. The van der Waals surface area contributed by atoms with Crippen molar-refractivity contribution in [2.24, 2.45) is 0 Å². The van der Waals surface area contributed by atoms with Gasteiger partial charge in [0.05, 0.1) is 24.8 Å². The van der Waals surface area contributed by atoms with Gasteiger partial charge in [-0.05, 0) is 66.1 Å². The van der Waals surface area contributed by atoms with Crippen LogP contribution < -0.4 is 9.47 Å². The van der Waals surface area contributed by atoms with Crippen molar-refractivity contribution in [2.75, 3.05) is 7.11 Å². The SMILES string of the molecule is COc1ccc(CN2C(=O)C(=O)/C(=C(\O)c3ccc4ccccc4c3)C2c2cccc(OC(C)C)c2)cc1. The van der Waals surface area contributed by atoms with Gasteiger partial charge in [0, 0.05) is 12.1 Å². The van der Waals surface area contributed by atoms with Gasteiger partial charge in [-0.1, -0.05) is 60.7 Å². The second kappa shape index (κ2) is 10.4. The molecule has 0 saturated carbocycles. The third-order valence-electron chi connectivity index (χ3n) is 6.62. The van der Waals surface area contributed by atoms with Gasteiger partial charge in [-0.2, -0.15) is 0 Å². The van der Waals surface area contributed by atoms with Crippen LogP contribution in [-0.2, 0) is 16.1 Å². The second-order valence-corrected chi connectivity index (χ2v) is 9.58. The molecule has 192 valence electrons. The Kier molecular flexibility index (Phi) is 6.88. The Morgan fingerprint density at radius 1 is 0.868 bits per heavy atom. The van der Waals surface area contributed by atoms with Crippen LogP contribution in [0.3, 0.4) is 0 Å². The first kappa shape index (κ1) is 25.1. The molecule has 1 saturated heterocycles. The van der Waals surface area contributed by atoms with E-state index in [0.717, 1.165) is 16.3 Å². The third kappa shape index (κ3) is 4.85. The lowest BCUT2D eigenvalue weighted by Crippen LogP contribution is -2.29. The van der Waals surface area contributed by atoms with Crippen molar-refractivity contribution in [3.8, 4) is 11.5 Å². The highest BCUT2D eigenvalue weighted by atomic mass is 16.5. The summed E-state index contributed by atoms with van der Waals surface area (Å²) in [6.45, 7) is 4.05. The first-order chi connectivity index (χ1) is 18.4. The fraction of sp³-hybridized carbons (Fsp3) is 0.188. The van der Waals surface area contributed by atoms with Crippen molar-refractivity contribution in [2.45, 2.75) is 32.5 Å². The van der Waals surface area contributed by atoms with Crippen molar-refractivity contribution < 1.29 is 24.2 Å². The summed E-state index contributed by atoms with van der Waals surface area (Å²) in [5.41, 5.74) is 2.04. The van der Waals surface area contributed by atoms with Crippen LogP contribution in [0.2, 0.25) is 0 Å². The van der Waals surface area contributed by atoms with Gasteiger partial charge in [-0.3, -0.25) is 9.59 Å². The van der Waals surface area contributed by atoms with Crippen molar-refractivity contribution in [3.05, 3.63) is 113 Å². The minimum atomic E-state index is -0.792. The van der Waals surface area contributed by atoms with Crippen LogP contribution in [-0.4, -0.2) is 34.9 Å². The Bertz CT molecular complexity index is 1540. The highest BCUT2D eigenvalue weighted by molar-refractivity contribution is 6.46. The average Bonchev–Trinajstić information content (AvgIpc) is 3.17. The van der Waals surface area contributed by atoms with Crippen molar-refractivity contribution in [1.82, 2.24) is 4.90 Å². The number of carbonyl (C=O) groups is 2. The summed E-state index contributed by atoms with van der Waals surface area (Å²) in [5.74, 6) is -0.264. The summed E-state index contributed by atoms with van der Waals surface area (Å²) in [6, 6.07) is 27.2. The normalized spacial score (nSPS) is 16.8. The molecule has 1 heterocycles. The number of ether oxygens (including phenoxy) is 2. The van der Waals surface area contributed by atoms with Crippen LogP contribution >= 0.6 is 0 Å². The number of rotatable bonds is 7. The topological polar surface area (TPSA) is 76.1 Å². The number of hydrogen-bond acceptors (Lipinski definition) is 5.